The summed E-state index contributed by atoms with van der Waals surface area (Å²) in [4.78, 5) is 29.8. The number of halogens is 1. The molecule has 0 unspecified atom stereocenters. The second-order valence-electron chi connectivity index (χ2n) is 8.49. The van der Waals surface area contributed by atoms with E-state index in [0.717, 1.165) is 52.0 Å². The summed E-state index contributed by atoms with van der Waals surface area (Å²) in [7, 11) is 0. The Bertz CT molecular complexity index is 724. The van der Waals surface area contributed by atoms with Crippen molar-refractivity contribution in [3.05, 3.63) is 35.6 Å². The lowest BCUT2D eigenvalue weighted by molar-refractivity contribution is -0.150. The molecule has 1 aromatic carbocycles. The maximum Gasteiger partial charge on any atom is 0.253 e. The van der Waals surface area contributed by atoms with Crippen LogP contribution in [0.5, 0.6) is 0 Å². The molecule has 0 bridgehead atoms. The van der Waals surface area contributed by atoms with E-state index in [1.165, 1.54) is 12.1 Å². The standard InChI is InChI=1S/C22H29FN2O3/c23-19-4-1-3-18(15-19)20(26)24-11-8-22(9-12-24)7-2-10-25(21(22)27)16-17-5-13-28-14-6-17/h1,3-4,15,17H,2,5-14,16H2. The lowest BCUT2D eigenvalue weighted by Gasteiger charge is -2.47. The highest BCUT2D eigenvalue weighted by molar-refractivity contribution is 5.94. The van der Waals surface area contributed by atoms with Crippen LogP contribution in [-0.2, 0) is 9.53 Å². The van der Waals surface area contributed by atoms with Crippen LogP contribution in [0.2, 0.25) is 0 Å². The lowest BCUT2D eigenvalue weighted by atomic mass is 9.71. The predicted octanol–water partition coefficient (Wildman–Crippen LogP) is 3.10. The molecule has 0 atom stereocenters. The van der Waals surface area contributed by atoms with Gasteiger partial charge in [0, 0.05) is 45.0 Å². The normalized spacial score (nSPS) is 23.2. The van der Waals surface area contributed by atoms with Crippen LogP contribution in [0.1, 0.15) is 48.9 Å². The fourth-order valence-corrected chi connectivity index (χ4v) is 4.97. The van der Waals surface area contributed by atoms with Gasteiger partial charge in [0.1, 0.15) is 5.82 Å². The summed E-state index contributed by atoms with van der Waals surface area (Å²) in [6, 6.07) is 5.84. The maximum atomic E-state index is 13.4. The molecule has 28 heavy (non-hydrogen) atoms. The highest BCUT2D eigenvalue weighted by atomic mass is 19.1. The molecule has 4 rings (SSSR count). The van der Waals surface area contributed by atoms with E-state index in [0.29, 0.717) is 37.4 Å². The smallest absolute Gasteiger partial charge is 0.253 e. The van der Waals surface area contributed by atoms with E-state index in [9.17, 15) is 14.0 Å². The molecule has 2 amide bonds. The van der Waals surface area contributed by atoms with Crippen LogP contribution in [0, 0.1) is 17.2 Å². The molecule has 0 N–H and O–H groups in total. The van der Waals surface area contributed by atoms with Gasteiger partial charge in [0.25, 0.3) is 5.91 Å². The van der Waals surface area contributed by atoms with Crippen molar-refractivity contribution >= 4 is 11.8 Å². The number of carbonyl (C=O) groups excluding carboxylic acids is 2. The third-order valence-corrected chi connectivity index (χ3v) is 6.72. The van der Waals surface area contributed by atoms with Crippen molar-refractivity contribution in [2.24, 2.45) is 11.3 Å². The molecule has 1 aromatic rings. The summed E-state index contributed by atoms with van der Waals surface area (Å²) in [6.45, 7) is 4.42. The largest absolute Gasteiger partial charge is 0.381 e. The van der Waals surface area contributed by atoms with Gasteiger partial charge in [0.15, 0.2) is 0 Å². The fourth-order valence-electron chi connectivity index (χ4n) is 4.97. The van der Waals surface area contributed by atoms with Crippen molar-refractivity contribution in [2.45, 2.75) is 38.5 Å². The van der Waals surface area contributed by atoms with E-state index in [-0.39, 0.29) is 17.2 Å². The number of rotatable bonds is 3. The van der Waals surface area contributed by atoms with Crippen LogP contribution < -0.4 is 0 Å². The number of benzene rings is 1. The zero-order valence-electron chi connectivity index (χ0n) is 16.4. The summed E-state index contributed by atoms with van der Waals surface area (Å²) in [5, 5.41) is 0. The first-order valence-electron chi connectivity index (χ1n) is 10.5. The molecule has 3 saturated heterocycles. The number of ether oxygens (including phenoxy) is 1. The molecule has 0 radical (unpaired) electrons. The van der Waals surface area contributed by atoms with Crippen LogP contribution in [-0.4, -0.2) is 61.0 Å². The summed E-state index contributed by atoms with van der Waals surface area (Å²) in [5.41, 5.74) is 0.0642. The number of amides is 2. The Hall–Kier alpha value is -1.95. The number of likely N-dealkylation sites (tertiary alicyclic amines) is 2. The number of hydrogen-bond acceptors (Lipinski definition) is 3. The average molecular weight is 388 g/mol. The summed E-state index contributed by atoms with van der Waals surface area (Å²) >= 11 is 0. The molecule has 0 aliphatic carbocycles. The third kappa shape index (κ3) is 3.93. The Kier molecular flexibility index (Phi) is 5.67. The second kappa shape index (κ2) is 8.19. The summed E-state index contributed by atoms with van der Waals surface area (Å²) in [6.07, 6.45) is 5.43. The van der Waals surface area contributed by atoms with Crippen molar-refractivity contribution in [3.8, 4) is 0 Å². The Morgan fingerprint density at radius 2 is 1.89 bits per heavy atom. The topological polar surface area (TPSA) is 49.9 Å². The monoisotopic (exact) mass is 388 g/mol. The van der Waals surface area contributed by atoms with Gasteiger partial charge >= 0.3 is 0 Å². The molecular formula is C22H29FN2O3. The zero-order chi connectivity index (χ0) is 19.6. The lowest BCUT2D eigenvalue weighted by Crippen LogP contribution is -2.55. The Balaban J connectivity index is 1.38. The van der Waals surface area contributed by atoms with Crippen LogP contribution in [0.4, 0.5) is 4.39 Å². The van der Waals surface area contributed by atoms with E-state index < -0.39 is 5.82 Å². The quantitative estimate of drug-likeness (QED) is 0.800. The maximum absolute atomic E-state index is 13.4. The number of piperidine rings is 2. The van der Waals surface area contributed by atoms with E-state index in [2.05, 4.69) is 4.90 Å². The van der Waals surface area contributed by atoms with Crippen molar-refractivity contribution < 1.29 is 18.7 Å². The van der Waals surface area contributed by atoms with Crippen LogP contribution >= 0.6 is 0 Å². The van der Waals surface area contributed by atoms with Gasteiger partial charge in [-0.15, -0.1) is 0 Å². The molecule has 3 aliphatic rings. The first-order chi connectivity index (χ1) is 13.6. The average Bonchev–Trinajstić information content (AvgIpc) is 2.72. The predicted molar refractivity (Wildman–Crippen MR) is 103 cm³/mol. The highest BCUT2D eigenvalue weighted by Gasteiger charge is 2.46. The van der Waals surface area contributed by atoms with Gasteiger partial charge in [0.2, 0.25) is 5.91 Å². The Morgan fingerprint density at radius 1 is 1.14 bits per heavy atom. The van der Waals surface area contributed by atoms with Gasteiger partial charge in [-0.05, 0) is 62.6 Å². The Labute approximate surface area is 165 Å². The first-order valence-corrected chi connectivity index (χ1v) is 10.5. The van der Waals surface area contributed by atoms with Crippen LogP contribution in [0.15, 0.2) is 24.3 Å². The van der Waals surface area contributed by atoms with Gasteiger partial charge in [-0.25, -0.2) is 4.39 Å². The molecule has 0 saturated carbocycles. The fraction of sp³-hybridized carbons (Fsp3) is 0.636. The van der Waals surface area contributed by atoms with Crippen LogP contribution in [0.25, 0.3) is 0 Å². The van der Waals surface area contributed by atoms with E-state index >= 15 is 0 Å². The molecule has 5 nitrogen and oxygen atoms in total. The van der Waals surface area contributed by atoms with E-state index in [1.807, 2.05) is 0 Å². The number of hydrogen-bond donors (Lipinski definition) is 0. The molecule has 3 fully saturated rings. The minimum Gasteiger partial charge on any atom is -0.381 e. The number of carbonyl (C=O) groups is 2. The Morgan fingerprint density at radius 3 is 2.61 bits per heavy atom. The second-order valence-corrected chi connectivity index (χ2v) is 8.49. The van der Waals surface area contributed by atoms with Crippen molar-refractivity contribution in [1.82, 2.24) is 9.80 Å². The first kappa shape index (κ1) is 19.4. The molecule has 152 valence electrons. The van der Waals surface area contributed by atoms with E-state index in [4.69, 9.17) is 4.74 Å². The SMILES string of the molecule is O=C(c1cccc(F)c1)N1CCC2(CCCN(CC3CCOCC3)C2=O)CC1. The molecule has 1 spiro atoms. The van der Waals surface area contributed by atoms with E-state index in [1.54, 1.807) is 17.0 Å². The highest BCUT2D eigenvalue weighted by Crippen LogP contribution is 2.41. The van der Waals surface area contributed by atoms with Gasteiger partial charge in [-0.3, -0.25) is 9.59 Å². The van der Waals surface area contributed by atoms with Crippen molar-refractivity contribution in [2.75, 3.05) is 39.4 Å². The zero-order valence-corrected chi connectivity index (χ0v) is 16.4. The molecular weight excluding hydrogens is 359 g/mol. The summed E-state index contributed by atoms with van der Waals surface area (Å²) < 4.78 is 18.9. The minimum atomic E-state index is -0.398. The van der Waals surface area contributed by atoms with Crippen molar-refractivity contribution in [1.29, 1.82) is 0 Å². The molecule has 0 aromatic heterocycles. The molecule has 3 aliphatic heterocycles. The van der Waals surface area contributed by atoms with Gasteiger partial charge < -0.3 is 14.5 Å². The van der Waals surface area contributed by atoms with Crippen molar-refractivity contribution in [3.63, 3.8) is 0 Å². The molecule has 3 heterocycles. The number of nitrogens with zero attached hydrogens (tertiary/aromatic N) is 2. The minimum absolute atomic E-state index is 0.142. The van der Waals surface area contributed by atoms with Gasteiger partial charge in [0.05, 0.1) is 5.41 Å². The van der Waals surface area contributed by atoms with Gasteiger partial charge in [-0.2, -0.15) is 0 Å². The third-order valence-electron chi connectivity index (χ3n) is 6.72. The summed E-state index contributed by atoms with van der Waals surface area (Å²) in [5.74, 6) is 0.285. The van der Waals surface area contributed by atoms with Crippen LogP contribution in [0.3, 0.4) is 0 Å². The molecule has 6 heteroatoms. The van der Waals surface area contributed by atoms with Gasteiger partial charge in [-0.1, -0.05) is 6.07 Å².